The number of guanidine groups is 1. The number of aliphatic imine (C=N–C) groups is 1. The Morgan fingerprint density at radius 3 is 2.76 bits per heavy atom. The molecule has 158 valence electrons. The maximum Gasteiger partial charge on any atom is 0.243 e. The zero-order valence-electron chi connectivity index (χ0n) is 17.3. The van der Waals surface area contributed by atoms with Crippen LogP contribution in [0.5, 0.6) is 0 Å². The number of thiophene rings is 1. The lowest BCUT2D eigenvalue weighted by Crippen LogP contribution is -2.43. The summed E-state index contributed by atoms with van der Waals surface area (Å²) in [4.78, 5) is 21.8. The van der Waals surface area contributed by atoms with Gasteiger partial charge in [-0.2, -0.15) is 0 Å². The van der Waals surface area contributed by atoms with Crippen molar-refractivity contribution in [2.45, 2.75) is 25.3 Å². The number of hydrogen-bond acceptors (Lipinski definition) is 5. The number of likely N-dealkylation sites (tertiary alicyclic amines) is 1. The maximum absolute atomic E-state index is 12.0. The van der Waals surface area contributed by atoms with Crippen LogP contribution in [0.2, 0.25) is 0 Å². The average molecular weight is 418 g/mol. The second-order valence-corrected chi connectivity index (χ2v) is 8.40. The van der Waals surface area contributed by atoms with Crippen LogP contribution in [0.3, 0.4) is 0 Å². The van der Waals surface area contributed by atoms with Gasteiger partial charge in [0.15, 0.2) is 5.96 Å². The zero-order valence-corrected chi connectivity index (χ0v) is 18.1. The van der Waals surface area contributed by atoms with E-state index >= 15 is 0 Å². The number of amides is 1. The van der Waals surface area contributed by atoms with Gasteiger partial charge in [-0.15, -0.1) is 11.3 Å². The van der Waals surface area contributed by atoms with Crippen molar-refractivity contribution < 1.29 is 9.21 Å². The van der Waals surface area contributed by atoms with E-state index in [0.717, 1.165) is 31.8 Å². The molecule has 1 atom stereocenters. The Morgan fingerprint density at radius 1 is 1.28 bits per heavy atom. The highest BCUT2D eigenvalue weighted by atomic mass is 32.1. The molecule has 2 aromatic heterocycles. The Bertz CT molecular complexity index is 752. The normalized spacial score (nSPS) is 16.0. The molecule has 0 aromatic carbocycles. The molecule has 0 bridgehead atoms. The summed E-state index contributed by atoms with van der Waals surface area (Å²) in [6.45, 7) is 3.71. The molecule has 1 aliphatic rings. The summed E-state index contributed by atoms with van der Waals surface area (Å²) in [6.07, 6.45) is 5.08. The number of likely N-dealkylation sites (N-methyl/N-ethyl adjacent to an activating group) is 1. The van der Waals surface area contributed by atoms with Crippen molar-refractivity contribution in [3.05, 3.63) is 46.5 Å². The van der Waals surface area contributed by atoms with Gasteiger partial charge in [0, 0.05) is 32.1 Å². The third kappa shape index (κ3) is 6.61. The standard InChI is InChI=1S/C21H31N5O2S/c1-25(2)20(27)16-24-21(22-10-9-17-7-6-14-29-17)23-15-18(19-8-5-13-28-19)26-11-3-4-12-26/h5-8,13-14,18H,3-4,9-12,15-16H2,1-2H3,(H2,22,23,24). The molecule has 8 heteroatoms. The Labute approximate surface area is 176 Å². The highest BCUT2D eigenvalue weighted by Crippen LogP contribution is 2.24. The molecule has 29 heavy (non-hydrogen) atoms. The molecule has 1 aliphatic heterocycles. The molecular weight excluding hydrogens is 386 g/mol. The van der Waals surface area contributed by atoms with Gasteiger partial charge in [-0.25, -0.2) is 4.99 Å². The quantitative estimate of drug-likeness (QED) is 0.484. The zero-order chi connectivity index (χ0) is 20.5. The number of hydrogen-bond donors (Lipinski definition) is 2. The van der Waals surface area contributed by atoms with E-state index < -0.39 is 0 Å². The van der Waals surface area contributed by atoms with E-state index in [0.29, 0.717) is 12.5 Å². The summed E-state index contributed by atoms with van der Waals surface area (Å²) >= 11 is 1.75. The molecule has 0 saturated carbocycles. The highest BCUT2D eigenvalue weighted by molar-refractivity contribution is 7.09. The number of nitrogens with zero attached hydrogens (tertiary/aromatic N) is 3. The fourth-order valence-corrected chi connectivity index (χ4v) is 4.07. The monoisotopic (exact) mass is 417 g/mol. The summed E-state index contributed by atoms with van der Waals surface area (Å²) in [7, 11) is 3.49. The molecule has 1 saturated heterocycles. The number of furan rings is 1. The fraction of sp³-hybridized carbons (Fsp3) is 0.524. The van der Waals surface area contributed by atoms with Crippen molar-refractivity contribution in [2.75, 3.05) is 46.8 Å². The van der Waals surface area contributed by atoms with Gasteiger partial charge in [0.05, 0.1) is 12.3 Å². The average Bonchev–Trinajstić information content (AvgIpc) is 3.49. The van der Waals surface area contributed by atoms with E-state index in [-0.39, 0.29) is 18.5 Å². The smallest absolute Gasteiger partial charge is 0.243 e. The van der Waals surface area contributed by atoms with Gasteiger partial charge in [-0.3, -0.25) is 9.69 Å². The van der Waals surface area contributed by atoms with Gasteiger partial charge in [0.1, 0.15) is 12.3 Å². The second-order valence-electron chi connectivity index (χ2n) is 7.36. The Balaban J connectivity index is 1.61. The SMILES string of the molecule is CN(C)C(=O)CN=C(NCCc1cccs1)NCC(c1ccco1)N1CCCC1. The molecule has 0 radical (unpaired) electrons. The molecule has 2 aromatic rings. The van der Waals surface area contributed by atoms with Crippen LogP contribution in [-0.4, -0.2) is 68.5 Å². The lowest BCUT2D eigenvalue weighted by molar-refractivity contribution is -0.127. The van der Waals surface area contributed by atoms with Gasteiger partial charge >= 0.3 is 0 Å². The largest absolute Gasteiger partial charge is 0.468 e. The predicted molar refractivity (Wildman–Crippen MR) is 117 cm³/mol. The third-order valence-corrected chi connectivity index (χ3v) is 5.97. The van der Waals surface area contributed by atoms with Gasteiger partial charge in [0.25, 0.3) is 0 Å². The Morgan fingerprint density at radius 2 is 2.10 bits per heavy atom. The van der Waals surface area contributed by atoms with Gasteiger partial charge in [0.2, 0.25) is 5.91 Å². The summed E-state index contributed by atoms with van der Waals surface area (Å²) in [6, 6.07) is 8.31. The van der Waals surface area contributed by atoms with E-state index in [2.05, 4.69) is 38.0 Å². The van der Waals surface area contributed by atoms with E-state index in [1.807, 2.05) is 12.1 Å². The number of nitrogens with one attached hydrogen (secondary N) is 2. The first-order valence-corrected chi connectivity index (χ1v) is 11.0. The van der Waals surface area contributed by atoms with E-state index in [4.69, 9.17) is 4.42 Å². The minimum Gasteiger partial charge on any atom is -0.468 e. The minimum atomic E-state index is -0.0218. The van der Waals surface area contributed by atoms with Crippen molar-refractivity contribution in [2.24, 2.45) is 4.99 Å². The molecule has 3 rings (SSSR count). The predicted octanol–water partition coefficient (Wildman–Crippen LogP) is 2.34. The molecule has 0 aliphatic carbocycles. The molecule has 3 heterocycles. The number of carbonyl (C=O) groups is 1. The van der Waals surface area contributed by atoms with Crippen molar-refractivity contribution in [3.8, 4) is 0 Å². The number of rotatable bonds is 9. The van der Waals surface area contributed by atoms with E-state index in [9.17, 15) is 4.79 Å². The summed E-state index contributed by atoms with van der Waals surface area (Å²) in [5, 5.41) is 8.88. The van der Waals surface area contributed by atoms with Crippen molar-refractivity contribution in [1.82, 2.24) is 20.4 Å². The van der Waals surface area contributed by atoms with Crippen LogP contribution in [-0.2, 0) is 11.2 Å². The minimum absolute atomic E-state index is 0.0218. The van der Waals surface area contributed by atoms with Crippen LogP contribution in [0.15, 0.2) is 45.3 Å². The lowest BCUT2D eigenvalue weighted by atomic mass is 10.2. The van der Waals surface area contributed by atoms with Gasteiger partial charge < -0.3 is 20.0 Å². The first kappa shape index (κ1) is 21.4. The summed E-state index contributed by atoms with van der Waals surface area (Å²) in [5.41, 5.74) is 0. The third-order valence-electron chi connectivity index (χ3n) is 5.03. The topological polar surface area (TPSA) is 73.1 Å². The van der Waals surface area contributed by atoms with Crippen LogP contribution in [0.4, 0.5) is 0 Å². The first-order chi connectivity index (χ1) is 14.1. The van der Waals surface area contributed by atoms with Gasteiger partial charge in [-0.1, -0.05) is 6.07 Å². The molecule has 1 unspecified atom stereocenters. The Kier molecular flexibility index (Phi) is 8.13. The highest BCUT2D eigenvalue weighted by Gasteiger charge is 2.25. The van der Waals surface area contributed by atoms with Crippen LogP contribution in [0, 0.1) is 0 Å². The van der Waals surface area contributed by atoms with E-state index in [1.54, 1.807) is 36.6 Å². The van der Waals surface area contributed by atoms with Crippen LogP contribution in [0.1, 0.15) is 29.5 Å². The summed E-state index contributed by atoms with van der Waals surface area (Å²) < 4.78 is 5.70. The van der Waals surface area contributed by atoms with Crippen molar-refractivity contribution in [1.29, 1.82) is 0 Å². The number of carbonyl (C=O) groups excluding carboxylic acids is 1. The summed E-state index contributed by atoms with van der Waals surface area (Å²) in [5.74, 6) is 1.60. The van der Waals surface area contributed by atoms with Crippen LogP contribution >= 0.6 is 11.3 Å². The molecule has 1 amide bonds. The van der Waals surface area contributed by atoms with E-state index in [1.165, 1.54) is 17.7 Å². The second kappa shape index (κ2) is 11.0. The maximum atomic E-state index is 12.0. The first-order valence-electron chi connectivity index (χ1n) is 10.2. The lowest BCUT2D eigenvalue weighted by Gasteiger charge is -2.26. The van der Waals surface area contributed by atoms with Gasteiger partial charge in [-0.05, 0) is 55.9 Å². The molecular formula is C21H31N5O2S. The Hall–Kier alpha value is -2.32. The molecule has 0 spiro atoms. The van der Waals surface area contributed by atoms with Crippen LogP contribution < -0.4 is 10.6 Å². The van der Waals surface area contributed by atoms with Crippen molar-refractivity contribution in [3.63, 3.8) is 0 Å². The molecule has 1 fully saturated rings. The van der Waals surface area contributed by atoms with Crippen LogP contribution in [0.25, 0.3) is 0 Å². The molecule has 2 N–H and O–H groups in total. The fourth-order valence-electron chi connectivity index (χ4n) is 3.36. The van der Waals surface area contributed by atoms with Crippen molar-refractivity contribution >= 4 is 23.2 Å². The molecule has 7 nitrogen and oxygen atoms in total.